The van der Waals surface area contributed by atoms with Gasteiger partial charge in [0.15, 0.2) is 5.17 Å². The molecule has 1 fully saturated rings. The van der Waals surface area contributed by atoms with Crippen molar-refractivity contribution in [3.8, 4) is 5.69 Å². The van der Waals surface area contributed by atoms with E-state index in [1.54, 1.807) is 23.1 Å². The Morgan fingerprint density at radius 3 is 2.81 bits per heavy atom. The lowest BCUT2D eigenvalue weighted by molar-refractivity contribution is -0.121. The van der Waals surface area contributed by atoms with Gasteiger partial charge in [0, 0.05) is 0 Å². The van der Waals surface area contributed by atoms with Crippen LogP contribution in [0.15, 0.2) is 66.2 Å². The number of carbonyl (C=O) groups is 1. The van der Waals surface area contributed by atoms with Gasteiger partial charge in [0.05, 0.1) is 11.4 Å². The summed E-state index contributed by atoms with van der Waals surface area (Å²) in [5.74, 6) is -0.418. The fourth-order valence-corrected chi connectivity index (χ4v) is 3.96. The number of nitrogens with one attached hydrogen (secondary N) is 1. The van der Waals surface area contributed by atoms with Gasteiger partial charge in [-0.05, 0) is 55.3 Å². The molecule has 8 heteroatoms. The molecule has 1 atom stereocenters. The smallest absolute Gasteiger partial charge is 0.242 e. The predicted octanol–water partition coefficient (Wildman–Crippen LogP) is 3.26. The first-order valence-corrected chi connectivity index (χ1v) is 9.12. The van der Waals surface area contributed by atoms with Crippen LogP contribution >= 0.6 is 11.8 Å². The van der Waals surface area contributed by atoms with Crippen LogP contribution in [-0.2, 0) is 11.2 Å². The van der Waals surface area contributed by atoms with E-state index >= 15 is 0 Å². The molecule has 2 heterocycles. The van der Waals surface area contributed by atoms with E-state index in [9.17, 15) is 9.18 Å². The minimum atomic E-state index is -0.681. The molecule has 1 amide bonds. The summed E-state index contributed by atoms with van der Waals surface area (Å²) in [6.45, 7) is 1.89. The van der Waals surface area contributed by atoms with Crippen molar-refractivity contribution in [2.24, 2.45) is 4.99 Å². The molecule has 136 valence electrons. The Kier molecular flexibility index (Phi) is 4.49. The summed E-state index contributed by atoms with van der Waals surface area (Å²) in [5.41, 5.74) is 2.49. The van der Waals surface area contributed by atoms with Crippen molar-refractivity contribution in [3.05, 3.63) is 72.6 Å². The van der Waals surface area contributed by atoms with E-state index in [-0.39, 0.29) is 11.7 Å². The quantitative estimate of drug-likeness (QED) is 0.753. The SMILES string of the molecule is CC1(Cc2cccc(-n3cncn3)c2)SC(=Nc2ccc(F)cc2)NC1=O. The van der Waals surface area contributed by atoms with Gasteiger partial charge in [-0.3, -0.25) is 4.79 Å². The lowest BCUT2D eigenvalue weighted by Gasteiger charge is -2.19. The van der Waals surface area contributed by atoms with Crippen molar-refractivity contribution in [3.63, 3.8) is 0 Å². The topological polar surface area (TPSA) is 72.2 Å². The van der Waals surface area contributed by atoms with Crippen molar-refractivity contribution >= 4 is 28.5 Å². The molecular formula is C19H16FN5OS. The molecule has 2 aromatic carbocycles. The molecule has 27 heavy (non-hydrogen) atoms. The lowest BCUT2D eigenvalue weighted by atomic mass is 9.99. The van der Waals surface area contributed by atoms with Crippen molar-refractivity contribution in [1.82, 2.24) is 20.1 Å². The first-order valence-electron chi connectivity index (χ1n) is 8.30. The minimum absolute atomic E-state index is 0.0977. The molecule has 3 aromatic rings. The predicted molar refractivity (Wildman–Crippen MR) is 103 cm³/mol. The summed E-state index contributed by atoms with van der Waals surface area (Å²) in [6, 6.07) is 13.7. The van der Waals surface area contributed by atoms with Crippen LogP contribution in [0, 0.1) is 5.82 Å². The van der Waals surface area contributed by atoms with Crippen LogP contribution in [0.4, 0.5) is 10.1 Å². The first kappa shape index (κ1) is 17.4. The molecular weight excluding hydrogens is 365 g/mol. The summed E-state index contributed by atoms with van der Waals surface area (Å²) >= 11 is 1.38. The third-order valence-corrected chi connectivity index (χ3v) is 5.38. The Hall–Kier alpha value is -3.00. The van der Waals surface area contributed by atoms with E-state index in [1.807, 2.05) is 31.2 Å². The zero-order valence-electron chi connectivity index (χ0n) is 14.5. The Labute approximate surface area is 159 Å². The van der Waals surface area contributed by atoms with E-state index in [2.05, 4.69) is 20.4 Å². The zero-order chi connectivity index (χ0) is 18.9. The fourth-order valence-electron chi connectivity index (χ4n) is 2.85. The van der Waals surface area contributed by atoms with Crippen LogP contribution in [0.3, 0.4) is 0 Å². The average molecular weight is 381 g/mol. The van der Waals surface area contributed by atoms with Gasteiger partial charge >= 0.3 is 0 Å². The molecule has 0 spiro atoms. The molecule has 0 bridgehead atoms. The van der Waals surface area contributed by atoms with Gasteiger partial charge < -0.3 is 5.32 Å². The number of rotatable bonds is 4. The summed E-state index contributed by atoms with van der Waals surface area (Å²) in [7, 11) is 0. The highest BCUT2D eigenvalue weighted by Gasteiger charge is 2.42. The standard InChI is InChI=1S/C19H16FN5OS/c1-19(10-13-3-2-4-16(9-13)25-12-21-11-22-25)17(26)24-18(27-19)23-15-7-5-14(20)6-8-15/h2-9,11-12H,10H2,1H3,(H,23,24,26). The fraction of sp³-hybridized carbons (Fsp3) is 0.158. The average Bonchev–Trinajstić information content (AvgIpc) is 3.26. The van der Waals surface area contributed by atoms with E-state index in [0.717, 1.165) is 11.3 Å². The second-order valence-electron chi connectivity index (χ2n) is 6.37. The number of halogens is 1. The Bertz CT molecular complexity index is 1000. The third-order valence-electron chi connectivity index (χ3n) is 4.22. The van der Waals surface area contributed by atoms with Gasteiger partial charge in [0.25, 0.3) is 0 Å². The van der Waals surface area contributed by atoms with Gasteiger partial charge in [-0.15, -0.1) is 0 Å². The van der Waals surface area contributed by atoms with Crippen LogP contribution in [0.25, 0.3) is 5.69 Å². The van der Waals surface area contributed by atoms with E-state index in [4.69, 9.17) is 0 Å². The maximum atomic E-state index is 13.0. The summed E-state index contributed by atoms with van der Waals surface area (Å²) in [6.07, 6.45) is 3.65. The highest BCUT2D eigenvalue weighted by atomic mass is 32.2. The van der Waals surface area contributed by atoms with Gasteiger partial charge in [0.1, 0.15) is 23.2 Å². The number of aliphatic imine (C=N–C) groups is 1. The molecule has 4 rings (SSSR count). The molecule has 1 aliphatic rings. The molecule has 0 saturated carbocycles. The maximum absolute atomic E-state index is 13.0. The number of carbonyl (C=O) groups excluding carboxylic acids is 1. The number of aromatic nitrogens is 3. The monoisotopic (exact) mass is 381 g/mol. The number of hydrogen-bond donors (Lipinski definition) is 1. The number of hydrogen-bond acceptors (Lipinski definition) is 5. The van der Waals surface area contributed by atoms with Gasteiger partial charge in [-0.2, -0.15) is 5.10 Å². The lowest BCUT2D eigenvalue weighted by Crippen LogP contribution is -2.35. The normalized spacial score (nSPS) is 20.8. The van der Waals surface area contributed by atoms with E-state index in [0.29, 0.717) is 17.3 Å². The zero-order valence-corrected chi connectivity index (χ0v) is 15.3. The van der Waals surface area contributed by atoms with Crippen molar-refractivity contribution in [2.45, 2.75) is 18.1 Å². The summed E-state index contributed by atoms with van der Waals surface area (Å²) < 4.78 is 14.0. The van der Waals surface area contributed by atoms with Gasteiger partial charge in [-0.25, -0.2) is 19.0 Å². The molecule has 1 unspecified atom stereocenters. The Morgan fingerprint density at radius 1 is 1.26 bits per heavy atom. The molecule has 1 saturated heterocycles. The van der Waals surface area contributed by atoms with Gasteiger partial charge in [0.2, 0.25) is 5.91 Å². The van der Waals surface area contributed by atoms with Crippen LogP contribution < -0.4 is 5.32 Å². The third kappa shape index (κ3) is 3.75. The van der Waals surface area contributed by atoms with Crippen LogP contribution in [0.2, 0.25) is 0 Å². The number of amides is 1. The highest BCUT2D eigenvalue weighted by Crippen LogP contribution is 2.36. The second kappa shape index (κ2) is 6.96. The molecule has 6 nitrogen and oxygen atoms in total. The van der Waals surface area contributed by atoms with Crippen molar-refractivity contribution in [2.75, 3.05) is 0 Å². The summed E-state index contributed by atoms with van der Waals surface area (Å²) in [5, 5.41) is 7.47. The molecule has 0 radical (unpaired) electrons. The number of nitrogens with zero attached hydrogens (tertiary/aromatic N) is 4. The van der Waals surface area contributed by atoms with Crippen LogP contribution in [-0.4, -0.2) is 30.6 Å². The maximum Gasteiger partial charge on any atom is 0.242 e. The minimum Gasteiger partial charge on any atom is -0.304 e. The Morgan fingerprint density at radius 2 is 2.07 bits per heavy atom. The van der Waals surface area contributed by atoms with Crippen molar-refractivity contribution in [1.29, 1.82) is 0 Å². The first-order chi connectivity index (χ1) is 13.0. The van der Waals surface area contributed by atoms with Crippen LogP contribution in [0.5, 0.6) is 0 Å². The number of benzene rings is 2. The molecule has 0 aliphatic carbocycles. The largest absolute Gasteiger partial charge is 0.304 e. The van der Waals surface area contributed by atoms with E-state index < -0.39 is 4.75 Å². The molecule has 1 aromatic heterocycles. The number of amidine groups is 1. The second-order valence-corrected chi connectivity index (χ2v) is 7.86. The Balaban J connectivity index is 1.54. The number of thioether (sulfide) groups is 1. The van der Waals surface area contributed by atoms with Gasteiger partial charge in [-0.1, -0.05) is 23.9 Å². The molecule has 1 aliphatic heterocycles. The van der Waals surface area contributed by atoms with Crippen LogP contribution in [0.1, 0.15) is 12.5 Å². The van der Waals surface area contributed by atoms with E-state index in [1.165, 1.54) is 30.2 Å². The molecule has 1 N–H and O–H groups in total. The highest BCUT2D eigenvalue weighted by molar-refractivity contribution is 8.16. The van der Waals surface area contributed by atoms with Crippen molar-refractivity contribution < 1.29 is 9.18 Å². The summed E-state index contributed by atoms with van der Waals surface area (Å²) in [4.78, 5) is 20.9.